The summed E-state index contributed by atoms with van der Waals surface area (Å²) in [7, 11) is 0. The quantitative estimate of drug-likeness (QED) is 0.502. The predicted molar refractivity (Wildman–Crippen MR) is 60.6 cm³/mol. The van der Waals surface area contributed by atoms with Gasteiger partial charge in [-0.25, -0.2) is 0 Å². The summed E-state index contributed by atoms with van der Waals surface area (Å²) in [6, 6.07) is 0. The van der Waals surface area contributed by atoms with Crippen LogP contribution in [0.25, 0.3) is 0 Å². The van der Waals surface area contributed by atoms with Gasteiger partial charge in [-0.2, -0.15) is 0 Å². The van der Waals surface area contributed by atoms with Gasteiger partial charge in [-0.05, 0) is 0 Å². The van der Waals surface area contributed by atoms with E-state index in [4.69, 9.17) is 46.4 Å². The number of fused-ring (bicyclic) bond motifs is 1. The fourth-order valence-electron chi connectivity index (χ4n) is 2.18. The molecular weight excluding hydrogens is 298 g/mol. The Labute approximate surface area is 111 Å². The van der Waals surface area contributed by atoms with E-state index in [2.05, 4.69) is 0 Å². The van der Waals surface area contributed by atoms with Gasteiger partial charge in [0.15, 0.2) is 0 Å². The fourth-order valence-corrected chi connectivity index (χ4v) is 3.81. The molecule has 0 aromatic carbocycles. The summed E-state index contributed by atoms with van der Waals surface area (Å²) >= 11 is 23.7. The van der Waals surface area contributed by atoms with Crippen molar-refractivity contribution in [2.24, 2.45) is 11.8 Å². The van der Waals surface area contributed by atoms with Gasteiger partial charge >= 0.3 is 0 Å². The molecule has 0 heterocycles. The smallest absolute Gasteiger partial charge is 0.264 e. The number of halogens is 4. The van der Waals surface area contributed by atoms with Gasteiger partial charge in [0.05, 0.1) is 33.3 Å². The van der Waals surface area contributed by atoms with Crippen molar-refractivity contribution in [1.29, 1.82) is 0 Å². The van der Waals surface area contributed by atoms with Gasteiger partial charge in [-0.15, -0.1) is 46.4 Å². The minimum atomic E-state index is -1.04. The van der Waals surface area contributed by atoms with Gasteiger partial charge in [0.1, 0.15) is 0 Å². The van der Waals surface area contributed by atoms with E-state index in [1.807, 2.05) is 0 Å². The topological polar surface area (TPSA) is 51.2 Å². The Morgan fingerprint density at radius 2 is 0.938 bits per heavy atom. The Balaban J connectivity index is 2.44. The molecule has 0 aromatic heterocycles. The lowest BCUT2D eigenvalue weighted by Gasteiger charge is -2.37. The van der Waals surface area contributed by atoms with Crippen molar-refractivity contribution in [3.63, 3.8) is 0 Å². The van der Waals surface area contributed by atoms with Crippen LogP contribution in [0.15, 0.2) is 0 Å². The van der Waals surface area contributed by atoms with E-state index in [-0.39, 0.29) is 0 Å². The van der Waals surface area contributed by atoms with Crippen LogP contribution in [0.2, 0.25) is 0 Å². The fraction of sp³-hybridized carbons (Fsp3) is 0.667. The van der Waals surface area contributed by atoms with Crippen molar-refractivity contribution in [2.45, 2.75) is 21.5 Å². The molecule has 0 aliphatic heterocycles. The Hall–Kier alpha value is 0.170. The van der Waals surface area contributed by atoms with E-state index < -0.39 is 50.7 Å². The second-order valence-electron chi connectivity index (χ2n) is 3.89. The molecule has 0 N–H and O–H groups in total. The Morgan fingerprint density at radius 1 is 0.625 bits per heavy atom. The largest absolute Gasteiger partial charge is 0.290 e. The molecule has 2 fully saturated rings. The number of Topliss-reactive ketones (excluding diaryl/α,β-unsaturated/α-hetero) is 3. The number of alkyl halides is 4. The number of carbonyl (C=O) groups excluding carboxylic acids is 3. The Morgan fingerprint density at radius 3 is 1.25 bits per heavy atom. The average Bonchev–Trinajstić information content (AvgIpc) is 2.48. The first-order valence-electron chi connectivity index (χ1n) is 4.56. The second-order valence-corrected chi connectivity index (χ2v) is 5.90. The number of carbonyl (C=O) groups is 3. The molecule has 0 radical (unpaired) electrons. The van der Waals surface area contributed by atoms with Crippen molar-refractivity contribution < 1.29 is 14.4 Å². The highest BCUT2D eigenvalue weighted by molar-refractivity contribution is 6.69. The van der Waals surface area contributed by atoms with Gasteiger partial charge in [0, 0.05) is 0 Å². The third-order valence-electron chi connectivity index (χ3n) is 3.04. The standard InChI is InChI=1S/C9H6Cl4O3/c10-3-1-2(4(11)6(13)5(3)12)8(15)9(16)7(1)14/h1-6H. The SMILES string of the molecule is O=C1C(=O)C2C(Cl)C(Cl)C(Cl)C(Cl)C2C1=O. The highest BCUT2D eigenvalue weighted by Crippen LogP contribution is 2.45. The van der Waals surface area contributed by atoms with Crippen molar-refractivity contribution in [3.8, 4) is 0 Å². The first kappa shape index (κ1) is 12.6. The molecule has 88 valence electrons. The van der Waals surface area contributed by atoms with E-state index in [0.29, 0.717) is 0 Å². The van der Waals surface area contributed by atoms with Crippen molar-refractivity contribution in [1.82, 2.24) is 0 Å². The van der Waals surface area contributed by atoms with Crippen molar-refractivity contribution in [2.75, 3.05) is 0 Å². The van der Waals surface area contributed by atoms with Crippen LogP contribution in [0.3, 0.4) is 0 Å². The van der Waals surface area contributed by atoms with Crippen molar-refractivity contribution in [3.05, 3.63) is 0 Å². The highest BCUT2D eigenvalue weighted by Gasteiger charge is 2.61. The summed E-state index contributed by atoms with van der Waals surface area (Å²) in [5.41, 5.74) is 0. The molecule has 2 saturated carbocycles. The van der Waals surface area contributed by atoms with Gasteiger partial charge in [0.25, 0.3) is 5.78 Å². The van der Waals surface area contributed by atoms with E-state index in [0.717, 1.165) is 0 Å². The highest BCUT2D eigenvalue weighted by atomic mass is 35.5. The summed E-state index contributed by atoms with van der Waals surface area (Å²) in [4.78, 5) is 34.4. The zero-order valence-corrected chi connectivity index (χ0v) is 10.7. The lowest BCUT2D eigenvalue weighted by molar-refractivity contribution is -0.141. The van der Waals surface area contributed by atoms with Crippen molar-refractivity contribution >= 4 is 63.8 Å². The number of rotatable bonds is 0. The van der Waals surface area contributed by atoms with Gasteiger partial charge < -0.3 is 0 Å². The zero-order chi connectivity index (χ0) is 12.2. The average molecular weight is 304 g/mol. The summed E-state index contributed by atoms with van der Waals surface area (Å²) in [5, 5.41) is -3.16. The summed E-state index contributed by atoms with van der Waals surface area (Å²) in [6.45, 7) is 0. The minimum absolute atomic E-state index is 0.741. The lowest BCUT2D eigenvalue weighted by atomic mass is 9.79. The molecule has 2 rings (SSSR count). The van der Waals surface area contributed by atoms with E-state index in [9.17, 15) is 14.4 Å². The maximum Gasteiger partial charge on any atom is 0.264 e. The zero-order valence-electron chi connectivity index (χ0n) is 7.70. The molecule has 16 heavy (non-hydrogen) atoms. The monoisotopic (exact) mass is 302 g/mol. The van der Waals surface area contributed by atoms with E-state index in [1.165, 1.54) is 0 Å². The Kier molecular flexibility index (Phi) is 3.26. The summed E-state index contributed by atoms with van der Waals surface area (Å²) in [6.07, 6.45) is 0. The van der Waals surface area contributed by atoms with E-state index >= 15 is 0 Å². The third kappa shape index (κ3) is 1.52. The minimum Gasteiger partial charge on any atom is -0.290 e. The van der Waals surface area contributed by atoms with Crippen LogP contribution in [-0.2, 0) is 14.4 Å². The number of ketones is 3. The molecule has 0 amide bonds. The van der Waals surface area contributed by atoms with Crippen LogP contribution in [0, 0.1) is 11.8 Å². The van der Waals surface area contributed by atoms with Crippen LogP contribution < -0.4 is 0 Å². The second kappa shape index (κ2) is 4.13. The molecule has 2 aliphatic rings. The lowest BCUT2D eigenvalue weighted by Crippen LogP contribution is -2.51. The first-order chi connectivity index (χ1) is 7.37. The Bertz CT molecular complexity index is 349. The van der Waals surface area contributed by atoms with Gasteiger partial charge in [-0.1, -0.05) is 0 Å². The molecule has 7 heteroatoms. The first-order valence-corrected chi connectivity index (χ1v) is 6.31. The molecule has 3 nitrogen and oxygen atoms in total. The summed E-state index contributed by atoms with van der Waals surface area (Å²) in [5.74, 6) is -4.49. The molecule has 0 spiro atoms. The molecular formula is C9H6Cl4O3. The van der Waals surface area contributed by atoms with Crippen LogP contribution in [0.5, 0.6) is 0 Å². The molecule has 0 saturated heterocycles. The number of hydrogen-bond donors (Lipinski definition) is 0. The maximum atomic E-state index is 11.5. The van der Waals surface area contributed by atoms with Gasteiger partial charge in [-0.3, -0.25) is 14.4 Å². The van der Waals surface area contributed by atoms with Crippen LogP contribution in [-0.4, -0.2) is 38.9 Å². The predicted octanol–water partition coefficient (Wildman–Crippen LogP) is 1.38. The van der Waals surface area contributed by atoms with Gasteiger partial charge in [0.2, 0.25) is 11.6 Å². The number of hydrogen-bond acceptors (Lipinski definition) is 3. The molecule has 6 atom stereocenters. The summed E-state index contributed by atoms with van der Waals surface area (Å²) < 4.78 is 0. The van der Waals surface area contributed by atoms with Crippen LogP contribution >= 0.6 is 46.4 Å². The maximum absolute atomic E-state index is 11.5. The third-order valence-corrected chi connectivity index (χ3v) is 5.60. The molecule has 0 bridgehead atoms. The molecule has 6 unspecified atom stereocenters. The van der Waals surface area contributed by atoms with Crippen LogP contribution in [0.1, 0.15) is 0 Å². The molecule has 2 aliphatic carbocycles. The van der Waals surface area contributed by atoms with Crippen LogP contribution in [0.4, 0.5) is 0 Å². The molecule has 0 aromatic rings. The van der Waals surface area contributed by atoms with E-state index in [1.54, 1.807) is 0 Å². The normalized spacial score (nSPS) is 48.4.